The molecule has 2 heterocycles. The van der Waals surface area contributed by atoms with Gasteiger partial charge in [0, 0.05) is 21.5 Å². The molecule has 1 aliphatic heterocycles. The third-order valence-corrected chi connectivity index (χ3v) is 6.83. The largest absolute Gasteiger partial charge is 0.462 e. The Bertz CT molecular complexity index is 1340. The minimum atomic E-state index is -0.333. The highest BCUT2D eigenvalue weighted by Crippen LogP contribution is 2.32. The second-order valence-corrected chi connectivity index (χ2v) is 9.79. The first kappa shape index (κ1) is 24.0. The van der Waals surface area contributed by atoms with Gasteiger partial charge in [0.05, 0.1) is 22.8 Å². The zero-order valence-corrected chi connectivity index (χ0v) is 21.7. The maximum Gasteiger partial charge on any atom is 0.338 e. The maximum atomic E-state index is 12.6. The molecule has 1 fully saturated rings. The van der Waals surface area contributed by atoms with Crippen LogP contribution in [0.4, 0.5) is 5.69 Å². The number of amides is 1. The van der Waals surface area contributed by atoms with Crippen LogP contribution in [0.15, 0.2) is 62.9 Å². The number of nitrogens with one attached hydrogen (secondary N) is 1. The molecule has 8 heteroatoms. The second-order valence-electron chi connectivity index (χ2n) is 7.84. The van der Waals surface area contributed by atoms with Gasteiger partial charge in [-0.2, -0.15) is 0 Å². The van der Waals surface area contributed by atoms with E-state index in [1.165, 1.54) is 11.8 Å². The first-order valence-corrected chi connectivity index (χ1v) is 12.4. The van der Waals surface area contributed by atoms with Crippen LogP contribution in [-0.2, 0) is 9.53 Å². The minimum Gasteiger partial charge on any atom is -0.462 e. The van der Waals surface area contributed by atoms with Crippen LogP contribution in [0.5, 0.6) is 0 Å². The quantitative estimate of drug-likeness (QED) is 0.309. The number of carbonyl (C=O) groups excluding carboxylic acids is 2. The summed E-state index contributed by atoms with van der Waals surface area (Å²) >= 11 is 4.79. The summed E-state index contributed by atoms with van der Waals surface area (Å²) in [5.74, 6) is -0.498. The number of hydrogen-bond acceptors (Lipinski definition) is 5. The van der Waals surface area contributed by atoms with Gasteiger partial charge in [-0.15, -0.1) is 0 Å². The average Bonchev–Trinajstić information content (AvgIpc) is 3.28. The number of esters is 1. The first-order valence-electron chi connectivity index (χ1n) is 10.8. The van der Waals surface area contributed by atoms with Crippen molar-refractivity contribution in [2.45, 2.75) is 27.7 Å². The molecule has 1 aliphatic rings. The fourth-order valence-electron chi connectivity index (χ4n) is 3.77. The van der Waals surface area contributed by atoms with E-state index in [1.54, 1.807) is 19.1 Å². The van der Waals surface area contributed by atoms with E-state index >= 15 is 0 Å². The number of carbonyl (C=O) groups is 2. The number of hydrogen-bond donors (Lipinski definition) is 1. The Morgan fingerprint density at radius 3 is 2.56 bits per heavy atom. The van der Waals surface area contributed by atoms with E-state index in [0.717, 1.165) is 38.4 Å². The normalized spacial score (nSPS) is 15.7. The molecule has 6 nitrogen and oxygen atoms in total. The predicted molar refractivity (Wildman–Crippen MR) is 141 cm³/mol. The lowest BCUT2D eigenvalue weighted by Crippen LogP contribution is -2.19. The van der Waals surface area contributed by atoms with Gasteiger partial charge in [0.1, 0.15) is 0 Å². The van der Waals surface area contributed by atoms with Crippen LogP contribution < -0.4 is 5.32 Å². The highest BCUT2D eigenvalue weighted by molar-refractivity contribution is 9.10. The number of amidine groups is 1. The standard InChI is InChI=1S/C26H24BrN3O3S/c1-5-33-25(32)18-6-9-21(10-7-18)30-16(3)13-19(17(30)4)14-23-24(31)29-26(34-23)28-22-11-8-20(27)12-15(22)2/h6-14H,5H2,1-4H3,(H,28,29,31)/b23-14-. The smallest absolute Gasteiger partial charge is 0.338 e. The topological polar surface area (TPSA) is 72.7 Å². The van der Waals surface area contributed by atoms with Gasteiger partial charge in [0.25, 0.3) is 5.91 Å². The Balaban J connectivity index is 1.59. The molecule has 1 N–H and O–H groups in total. The number of aliphatic imine (C=N–C) groups is 1. The van der Waals surface area contributed by atoms with Crippen molar-refractivity contribution < 1.29 is 14.3 Å². The average molecular weight is 538 g/mol. The van der Waals surface area contributed by atoms with Crippen molar-refractivity contribution in [2.75, 3.05) is 6.61 Å². The summed E-state index contributed by atoms with van der Waals surface area (Å²) in [4.78, 5) is 29.7. The Kier molecular flexibility index (Phi) is 7.09. The predicted octanol–water partition coefficient (Wildman–Crippen LogP) is 6.23. The lowest BCUT2D eigenvalue weighted by atomic mass is 10.2. The fourth-order valence-corrected chi connectivity index (χ4v) is 5.07. The highest BCUT2D eigenvalue weighted by Gasteiger charge is 2.25. The van der Waals surface area contributed by atoms with E-state index in [0.29, 0.717) is 22.2 Å². The van der Waals surface area contributed by atoms with Gasteiger partial charge in [-0.3, -0.25) is 4.79 Å². The van der Waals surface area contributed by atoms with Crippen molar-refractivity contribution in [1.82, 2.24) is 9.88 Å². The molecule has 4 rings (SSSR count). The lowest BCUT2D eigenvalue weighted by Gasteiger charge is -2.10. The molecule has 1 aromatic heterocycles. The molecular weight excluding hydrogens is 514 g/mol. The number of rotatable bonds is 5. The van der Waals surface area contributed by atoms with Gasteiger partial charge in [-0.1, -0.05) is 15.9 Å². The third-order valence-electron chi connectivity index (χ3n) is 5.43. The summed E-state index contributed by atoms with van der Waals surface area (Å²) in [7, 11) is 0. The number of halogens is 1. The lowest BCUT2D eigenvalue weighted by molar-refractivity contribution is -0.115. The Hall–Kier alpha value is -3.10. The van der Waals surface area contributed by atoms with Crippen molar-refractivity contribution in [3.8, 4) is 5.69 Å². The Morgan fingerprint density at radius 2 is 1.88 bits per heavy atom. The first-order chi connectivity index (χ1) is 16.3. The van der Waals surface area contributed by atoms with Crippen LogP contribution in [0, 0.1) is 20.8 Å². The Labute approximate surface area is 211 Å². The summed E-state index contributed by atoms with van der Waals surface area (Å²) in [6, 6.07) is 15.2. The van der Waals surface area contributed by atoms with Crippen molar-refractivity contribution in [3.05, 3.63) is 86.0 Å². The molecule has 0 bridgehead atoms. The van der Waals surface area contributed by atoms with Crippen molar-refractivity contribution in [2.24, 2.45) is 4.99 Å². The molecule has 2 aromatic carbocycles. The summed E-state index contributed by atoms with van der Waals surface area (Å²) in [6.07, 6.45) is 1.89. The molecule has 1 amide bonds. The number of benzene rings is 2. The number of nitrogens with zero attached hydrogens (tertiary/aromatic N) is 2. The fraction of sp³-hybridized carbons (Fsp3) is 0.192. The molecule has 174 valence electrons. The molecule has 0 aliphatic carbocycles. The third kappa shape index (κ3) is 5.03. The van der Waals surface area contributed by atoms with Gasteiger partial charge in [-0.25, -0.2) is 9.79 Å². The van der Waals surface area contributed by atoms with E-state index in [4.69, 9.17) is 4.74 Å². The van der Waals surface area contributed by atoms with Gasteiger partial charge < -0.3 is 14.6 Å². The van der Waals surface area contributed by atoms with Crippen LogP contribution in [-0.4, -0.2) is 28.2 Å². The van der Waals surface area contributed by atoms with Crippen LogP contribution in [0.1, 0.15) is 39.8 Å². The SMILES string of the molecule is CCOC(=O)c1ccc(-n2c(C)cc(/C=C3\SC(=Nc4ccc(Br)cc4C)NC3=O)c2C)cc1. The van der Waals surface area contributed by atoms with Gasteiger partial charge in [0.15, 0.2) is 5.17 Å². The number of aryl methyl sites for hydroxylation is 2. The van der Waals surface area contributed by atoms with E-state index in [2.05, 4.69) is 30.8 Å². The van der Waals surface area contributed by atoms with Crippen LogP contribution >= 0.6 is 27.7 Å². The highest BCUT2D eigenvalue weighted by atomic mass is 79.9. The molecule has 1 saturated heterocycles. The second kappa shape index (κ2) is 10.0. The molecular formula is C26H24BrN3O3S. The van der Waals surface area contributed by atoms with Crippen molar-refractivity contribution >= 4 is 56.5 Å². The monoisotopic (exact) mass is 537 g/mol. The molecule has 0 atom stereocenters. The van der Waals surface area contributed by atoms with Crippen LogP contribution in [0.3, 0.4) is 0 Å². The molecule has 0 spiro atoms. The van der Waals surface area contributed by atoms with Gasteiger partial charge >= 0.3 is 5.97 Å². The maximum absolute atomic E-state index is 12.6. The summed E-state index contributed by atoms with van der Waals surface area (Å²) < 4.78 is 8.15. The molecule has 0 unspecified atom stereocenters. The van der Waals surface area contributed by atoms with E-state index < -0.39 is 0 Å². The zero-order chi connectivity index (χ0) is 24.4. The van der Waals surface area contributed by atoms with Crippen molar-refractivity contribution in [1.29, 1.82) is 0 Å². The van der Waals surface area contributed by atoms with Crippen LogP contribution in [0.2, 0.25) is 0 Å². The van der Waals surface area contributed by atoms with Gasteiger partial charge in [0.2, 0.25) is 0 Å². The number of thioether (sulfide) groups is 1. The van der Waals surface area contributed by atoms with E-state index in [1.807, 2.05) is 63.2 Å². The molecule has 0 saturated carbocycles. The Morgan fingerprint density at radius 1 is 1.15 bits per heavy atom. The number of ether oxygens (including phenoxy) is 1. The summed E-state index contributed by atoms with van der Waals surface area (Å²) in [6.45, 7) is 8.13. The van der Waals surface area contributed by atoms with E-state index in [9.17, 15) is 9.59 Å². The summed E-state index contributed by atoms with van der Waals surface area (Å²) in [5.41, 5.74) is 6.26. The van der Waals surface area contributed by atoms with Crippen LogP contribution in [0.25, 0.3) is 11.8 Å². The molecule has 0 radical (unpaired) electrons. The van der Waals surface area contributed by atoms with Gasteiger partial charge in [-0.05, 0) is 105 Å². The zero-order valence-electron chi connectivity index (χ0n) is 19.3. The molecule has 3 aromatic rings. The summed E-state index contributed by atoms with van der Waals surface area (Å²) in [5, 5.41) is 3.42. The molecule has 34 heavy (non-hydrogen) atoms. The van der Waals surface area contributed by atoms with E-state index in [-0.39, 0.29) is 11.9 Å². The van der Waals surface area contributed by atoms with Crippen molar-refractivity contribution in [3.63, 3.8) is 0 Å². The number of aromatic nitrogens is 1. The minimum absolute atomic E-state index is 0.165.